The molecule has 4 aliphatic carbocycles. The summed E-state index contributed by atoms with van der Waals surface area (Å²) in [5, 5.41) is 4.51. The third-order valence-electron chi connectivity index (χ3n) is 22.6. The second kappa shape index (κ2) is 43.4. The van der Waals surface area contributed by atoms with Crippen molar-refractivity contribution in [1.82, 2.24) is 28.7 Å². The zero-order valence-corrected chi connectivity index (χ0v) is 76.7. The number of rotatable bonds is 14. The van der Waals surface area contributed by atoms with Crippen LogP contribution in [0.2, 0.25) is 0 Å². The zero-order chi connectivity index (χ0) is 71.2. The molecule has 8 aromatic carbocycles. The van der Waals surface area contributed by atoms with E-state index in [2.05, 4.69) is 235 Å². The molecular formula is C99H113N8O2Os2Pt2-3. The van der Waals surface area contributed by atoms with E-state index in [4.69, 9.17) is 14.5 Å². The van der Waals surface area contributed by atoms with Crippen molar-refractivity contribution in [3.05, 3.63) is 302 Å². The van der Waals surface area contributed by atoms with Gasteiger partial charge in [0.05, 0.1) is 5.82 Å². The summed E-state index contributed by atoms with van der Waals surface area (Å²) in [4.78, 5) is 18.4. The monoisotopic (exact) mass is 2220 g/mol. The van der Waals surface area contributed by atoms with Gasteiger partial charge in [-0.2, -0.15) is 18.2 Å². The Morgan fingerprint density at radius 3 is 1.40 bits per heavy atom. The molecule has 0 amide bonds. The molecule has 4 unspecified atom stereocenters. The van der Waals surface area contributed by atoms with Crippen LogP contribution < -0.4 is 19.3 Å². The van der Waals surface area contributed by atoms with Gasteiger partial charge in [0.2, 0.25) is 0 Å². The van der Waals surface area contributed by atoms with Crippen molar-refractivity contribution in [2.75, 3.05) is 9.80 Å². The topological polar surface area (TPSA) is 78.4 Å². The van der Waals surface area contributed by atoms with E-state index in [0.29, 0.717) is 40.8 Å². The molecule has 6 heterocycles. The summed E-state index contributed by atoms with van der Waals surface area (Å²) in [6.07, 6.45) is 31.5. The van der Waals surface area contributed by atoms with E-state index in [1.165, 1.54) is 118 Å². The Morgan fingerprint density at radius 2 is 0.912 bits per heavy atom. The summed E-state index contributed by atoms with van der Waals surface area (Å²) in [6, 6.07) is 76.8. The van der Waals surface area contributed by atoms with E-state index in [0.717, 1.165) is 108 Å². The van der Waals surface area contributed by atoms with Crippen molar-refractivity contribution in [1.29, 1.82) is 0 Å². The Morgan fingerprint density at radius 1 is 0.434 bits per heavy atom. The number of hydrogen-bond donors (Lipinski definition) is 0. The van der Waals surface area contributed by atoms with E-state index in [1.54, 1.807) is 0 Å². The first-order chi connectivity index (χ1) is 50.9. The number of ether oxygens (including phenoxy) is 2. The van der Waals surface area contributed by atoms with Crippen molar-refractivity contribution in [3.8, 4) is 51.7 Å². The van der Waals surface area contributed by atoms with Gasteiger partial charge >= 0.3 is 60.6 Å². The number of imidazole rings is 1. The van der Waals surface area contributed by atoms with Crippen LogP contribution in [0.1, 0.15) is 199 Å². The van der Waals surface area contributed by atoms with E-state index < -0.39 is 0 Å². The Balaban J connectivity index is 0.000000288. The second-order valence-electron chi connectivity index (χ2n) is 30.3. The molecule has 113 heavy (non-hydrogen) atoms. The third-order valence-corrected chi connectivity index (χ3v) is 22.6. The van der Waals surface area contributed by atoms with Crippen LogP contribution in [0.25, 0.3) is 72.3 Å². The minimum absolute atomic E-state index is 0. The van der Waals surface area contributed by atoms with Crippen LogP contribution in [0.3, 0.4) is 0 Å². The van der Waals surface area contributed by atoms with Crippen LogP contribution >= 0.6 is 0 Å². The number of hydrogen-bond acceptors (Lipinski definition) is 7. The van der Waals surface area contributed by atoms with E-state index >= 15 is 0 Å². The molecule has 4 fully saturated rings. The average Bonchev–Trinajstić information content (AvgIpc) is 1.62. The van der Waals surface area contributed by atoms with Gasteiger partial charge in [0.15, 0.2) is 0 Å². The Bertz CT molecular complexity index is 5070. The molecule has 0 bridgehead atoms. The minimum Gasteiger partial charge on any atom is -0.509 e. The summed E-state index contributed by atoms with van der Waals surface area (Å²) < 4.78 is 19.4. The van der Waals surface area contributed by atoms with Gasteiger partial charge in [0, 0.05) is 91.3 Å². The number of pyridine rings is 2. The Kier molecular flexibility index (Phi) is 36.2. The van der Waals surface area contributed by atoms with Crippen LogP contribution in [-0.2, 0) is 81.7 Å². The number of para-hydroxylation sites is 2. The quantitative estimate of drug-likeness (QED) is 0.100. The number of fused-ring (bicyclic) bond motifs is 6. The first kappa shape index (κ1) is 94.3. The van der Waals surface area contributed by atoms with Gasteiger partial charge in [0.1, 0.15) is 11.6 Å². The predicted octanol–water partition coefficient (Wildman–Crippen LogP) is 27.8. The fourth-order valence-electron chi connectivity index (χ4n) is 16.4. The van der Waals surface area contributed by atoms with Crippen LogP contribution in [0.5, 0.6) is 23.0 Å². The van der Waals surface area contributed by atoms with Crippen molar-refractivity contribution in [2.45, 2.75) is 176 Å². The summed E-state index contributed by atoms with van der Waals surface area (Å²) in [5.74, 6) is 10.6. The van der Waals surface area contributed by atoms with Gasteiger partial charge in [0.25, 0.3) is 0 Å². The molecule has 18 rings (SSSR count). The molecule has 10 nitrogen and oxygen atoms in total. The molecule has 4 atom stereocenters. The first-order valence-electron chi connectivity index (χ1n) is 38.4. The molecule has 0 N–H and O–H groups in total. The second-order valence-corrected chi connectivity index (χ2v) is 30.3. The van der Waals surface area contributed by atoms with Gasteiger partial charge in [-0.3, -0.25) is 4.98 Å². The van der Waals surface area contributed by atoms with Crippen molar-refractivity contribution in [2.24, 2.45) is 23.7 Å². The molecule has 5 aromatic heterocycles. The maximum Gasteiger partial charge on any atom is 2.00 e. The van der Waals surface area contributed by atoms with E-state index in [-0.39, 0.29) is 119 Å². The Hall–Kier alpha value is -7.54. The molecule has 600 valence electrons. The SMILES string of the molecule is C.C1CCCC1.CC(C)c1cc(C2CC(C)C(C)C2)cc(C(C)C)c1-n1ccnc1-c1[c-]c(Oc2[c-]c3c(cc2)c2ccccc2n3-c2ccccn2)ccc1.CC1CCCC1C.[CH3-].[CH3-].[CH3-].[CH3-].[Os+2].[Os+2].[Pt+2].[Pt].[c-]1c(Oc2[c-]c3c(cc2)c2ccccc2n3-c2ccccn2)cccc1N1C=CN(c2ccc(C3CCCC3)cc2)[CH-]1. The van der Waals surface area contributed by atoms with Gasteiger partial charge in [-0.15, -0.1) is 89.4 Å². The van der Waals surface area contributed by atoms with E-state index in [1.807, 2.05) is 104 Å². The summed E-state index contributed by atoms with van der Waals surface area (Å²) in [6.45, 7) is 20.9. The van der Waals surface area contributed by atoms with Crippen molar-refractivity contribution < 1.29 is 91.2 Å². The standard InChI is InChI=1S/C45H44N4O.C37H29N4O.C7H14.C5H10.CH4.4CH3.2Os.2Pt/c1-28(2)39-25-34(33-22-30(5)31(6)23-33)26-40(29(3)4)44(39)48-21-20-47-45(48)32-12-11-13-35(24-32)50-36-17-18-38-37-14-7-8-15-41(37)49(42(38)27-36)43-16-9-10-19-46-43;1-2-9-27(8-1)28-15-17-29(18-16-28)39-22-23-40(26-39)30-10-7-11-31(24-30)42-32-19-20-34-33-12-3-4-13-35(33)41(36(34)25-32)37-14-5-6-21-38-37;1-6-4-3-5-7(6)2;1-2-4-5-3-1;;;;;;;;;/h7-21,25-26,28-31,33H,22-23H2,1-6H3;3-7,10-23,26-27H,1-2,8-9H2;6-7H,3-5H2,1-2H3;1-5H2;1H4;4*1H3;;;;/q-2;-3;;;;4*-1;2*+2;;+2. The molecule has 13 aromatic rings. The maximum atomic E-state index is 6.49. The molecule has 4 saturated carbocycles. The minimum atomic E-state index is 0. The fourth-order valence-corrected chi connectivity index (χ4v) is 16.4. The number of benzene rings is 8. The van der Waals surface area contributed by atoms with Gasteiger partial charge < -0.3 is 62.7 Å². The molecular weight excluding hydrogens is 2100 g/mol. The summed E-state index contributed by atoms with van der Waals surface area (Å²) >= 11 is 0. The number of aromatic nitrogens is 6. The zero-order valence-electron chi connectivity index (χ0n) is 67.1. The van der Waals surface area contributed by atoms with Crippen LogP contribution in [0, 0.1) is 84.3 Å². The summed E-state index contributed by atoms with van der Waals surface area (Å²) in [5.41, 5.74) is 13.9. The molecule has 0 saturated heterocycles. The number of anilines is 2. The van der Waals surface area contributed by atoms with Crippen molar-refractivity contribution in [3.63, 3.8) is 0 Å². The fraction of sp³-hybridized carbons (Fsp3) is 0.313. The molecule has 5 aliphatic rings. The van der Waals surface area contributed by atoms with Crippen molar-refractivity contribution >= 4 is 55.0 Å². The van der Waals surface area contributed by atoms with E-state index in [9.17, 15) is 0 Å². The van der Waals surface area contributed by atoms with Gasteiger partial charge in [-0.05, 0) is 167 Å². The Labute approximate surface area is 732 Å². The molecule has 0 radical (unpaired) electrons. The predicted molar refractivity (Wildman–Crippen MR) is 460 cm³/mol. The normalized spacial score (nSPS) is 17.2. The average molecular weight is 2220 g/mol. The largest absolute Gasteiger partial charge is 2.00 e. The smallest absolute Gasteiger partial charge is 0.509 e. The first-order valence-corrected chi connectivity index (χ1v) is 38.4. The van der Waals surface area contributed by atoms with Gasteiger partial charge in [-0.1, -0.05) is 217 Å². The van der Waals surface area contributed by atoms with Crippen LogP contribution in [-0.4, -0.2) is 28.7 Å². The molecule has 14 heteroatoms. The maximum absolute atomic E-state index is 6.49. The molecule has 0 spiro atoms. The summed E-state index contributed by atoms with van der Waals surface area (Å²) in [7, 11) is 0. The van der Waals surface area contributed by atoms with Crippen LogP contribution in [0.4, 0.5) is 11.4 Å². The molecule has 1 aliphatic heterocycles. The third kappa shape index (κ3) is 21.2. The number of nitrogens with zero attached hydrogens (tertiary/aromatic N) is 8. The van der Waals surface area contributed by atoms with Gasteiger partial charge in [-0.25, -0.2) is 9.97 Å². The van der Waals surface area contributed by atoms with Crippen LogP contribution in [0.15, 0.2) is 219 Å².